The first-order valence-corrected chi connectivity index (χ1v) is 12.1. The molecule has 0 aliphatic carbocycles. The van der Waals surface area contributed by atoms with E-state index >= 15 is 0 Å². The summed E-state index contributed by atoms with van der Waals surface area (Å²) in [5.41, 5.74) is 8.73. The molecule has 35 heavy (non-hydrogen) atoms. The molecule has 0 aliphatic heterocycles. The van der Waals surface area contributed by atoms with Gasteiger partial charge in [-0.2, -0.15) is 0 Å². The van der Waals surface area contributed by atoms with Crippen LogP contribution in [0.5, 0.6) is 0 Å². The highest BCUT2D eigenvalue weighted by molar-refractivity contribution is 6.23. The van der Waals surface area contributed by atoms with Crippen LogP contribution >= 0.6 is 0 Å². The Hall–Kier alpha value is -4.56. The lowest BCUT2D eigenvalue weighted by Gasteiger charge is -2.12. The fourth-order valence-electron chi connectivity index (χ4n) is 5.45. The minimum absolute atomic E-state index is 0.836. The zero-order chi connectivity index (χ0) is 23.2. The van der Waals surface area contributed by atoms with Gasteiger partial charge in [-0.15, -0.1) is 0 Å². The molecule has 0 fully saturated rings. The molecule has 0 spiro atoms. The van der Waals surface area contributed by atoms with E-state index in [9.17, 15) is 0 Å². The van der Waals surface area contributed by atoms with Crippen molar-refractivity contribution in [2.45, 2.75) is 6.54 Å². The van der Waals surface area contributed by atoms with Crippen molar-refractivity contribution in [1.29, 1.82) is 0 Å². The second-order valence-corrected chi connectivity index (χ2v) is 9.06. The smallest absolute Gasteiger partial charge is 0.0591 e. The van der Waals surface area contributed by atoms with E-state index in [0.717, 1.165) is 6.54 Å². The highest BCUT2D eigenvalue weighted by Gasteiger charge is 2.20. The molecule has 2 heteroatoms. The molecule has 0 saturated carbocycles. The summed E-state index contributed by atoms with van der Waals surface area (Å²) in [5, 5.41) is 3.87. The number of para-hydroxylation sites is 2. The average molecular weight is 449 g/mol. The van der Waals surface area contributed by atoms with Gasteiger partial charge in [-0.05, 0) is 47.0 Å². The van der Waals surface area contributed by atoms with Crippen molar-refractivity contribution in [3.05, 3.63) is 139 Å². The molecule has 0 atom stereocenters. The molecular formula is C33H24N2. The molecule has 0 radical (unpaired) electrons. The maximum absolute atomic E-state index is 2.42. The van der Waals surface area contributed by atoms with Gasteiger partial charge in [0.15, 0.2) is 0 Å². The van der Waals surface area contributed by atoms with Crippen molar-refractivity contribution < 1.29 is 0 Å². The van der Waals surface area contributed by atoms with Crippen molar-refractivity contribution in [3.63, 3.8) is 0 Å². The summed E-state index contributed by atoms with van der Waals surface area (Å²) < 4.78 is 4.83. The van der Waals surface area contributed by atoms with E-state index in [4.69, 9.17) is 0 Å². The Labute approximate surface area is 204 Å². The number of hydrogen-bond acceptors (Lipinski definition) is 0. The van der Waals surface area contributed by atoms with E-state index < -0.39 is 0 Å². The summed E-state index contributed by atoms with van der Waals surface area (Å²) in [6.07, 6.45) is 2.25. The zero-order valence-corrected chi connectivity index (χ0v) is 19.3. The monoisotopic (exact) mass is 448 g/mol. The third-order valence-corrected chi connectivity index (χ3v) is 6.98. The molecule has 5 aromatic carbocycles. The predicted octanol–water partition coefficient (Wildman–Crippen LogP) is 8.45. The van der Waals surface area contributed by atoms with Gasteiger partial charge < -0.3 is 9.13 Å². The van der Waals surface area contributed by atoms with Crippen molar-refractivity contribution in [3.8, 4) is 16.8 Å². The van der Waals surface area contributed by atoms with E-state index in [2.05, 4.69) is 143 Å². The molecule has 7 rings (SSSR count). The topological polar surface area (TPSA) is 9.86 Å². The molecule has 0 saturated heterocycles. The quantitative estimate of drug-likeness (QED) is 0.256. The fraction of sp³-hybridized carbons (Fsp3) is 0.0303. The number of hydrogen-bond donors (Lipinski definition) is 0. The molecule has 0 unspecified atom stereocenters. The zero-order valence-electron chi connectivity index (χ0n) is 19.3. The Kier molecular flexibility index (Phi) is 4.56. The SMILES string of the molecule is c1ccc(Cn2ccc3c(-c4ccccc4)cc4c(c5ccccc5n4-c4ccccc4)c32)cc1. The summed E-state index contributed by atoms with van der Waals surface area (Å²) in [7, 11) is 0. The number of fused-ring (bicyclic) bond motifs is 5. The van der Waals surface area contributed by atoms with Crippen LogP contribution in [0.2, 0.25) is 0 Å². The lowest BCUT2D eigenvalue weighted by molar-refractivity contribution is 0.839. The van der Waals surface area contributed by atoms with Crippen molar-refractivity contribution >= 4 is 32.7 Å². The first-order valence-electron chi connectivity index (χ1n) is 12.1. The van der Waals surface area contributed by atoms with Crippen LogP contribution in [0.1, 0.15) is 5.56 Å². The third-order valence-electron chi connectivity index (χ3n) is 6.98. The average Bonchev–Trinajstić information content (AvgIpc) is 3.48. The maximum Gasteiger partial charge on any atom is 0.0591 e. The molecule has 2 aromatic heterocycles. The summed E-state index contributed by atoms with van der Waals surface area (Å²) in [4.78, 5) is 0. The second kappa shape index (κ2) is 8.03. The summed E-state index contributed by atoms with van der Waals surface area (Å²) in [5.74, 6) is 0. The Morgan fingerprint density at radius 1 is 0.543 bits per heavy atom. The molecule has 0 aliphatic rings. The molecule has 0 N–H and O–H groups in total. The van der Waals surface area contributed by atoms with Crippen LogP contribution in [-0.4, -0.2) is 9.13 Å². The Balaban J connectivity index is 1.65. The Bertz CT molecular complexity index is 1790. The second-order valence-electron chi connectivity index (χ2n) is 9.06. The number of rotatable bonds is 4. The van der Waals surface area contributed by atoms with Crippen LogP contribution in [0.3, 0.4) is 0 Å². The summed E-state index contributed by atoms with van der Waals surface area (Å²) >= 11 is 0. The van der Waals surface area contributed by atoms with Crippen molar-refractivity contribution in [2.75, 3.05) is 0 Å². The third kappa shape index (κ3) is 3.18. The van der Waals surface area contributed by atoms with Gasteiger partial charge in [-0.25, -0.2) is 0 Å². The highest BCUT2D eigenvalue weighted by atomic mass is 15.0. The van der Waals surface area contributed by atoms with E-state index in [1.165, 1.54) is 55.1 Å². The molecule has 0 bridgehead atoms. The van der Waals surface area contributed by atoms with Gasteiger partial charge in [-0.3, -0.25) is 0 Å². The molecule has 7 aromatic rings. The molecule has 2 nitrogen and oxygen atoms in total. The maximum atomic E-state index is 2.42. The van der Waals surface area contributed by atoms with Crippen LogP contribution in [0.25, 0.3) is 49.5 Å². The predicted molar refractivity (Wildman–Crippen MR) is 147 cm³/mol. The number of nitrogens with zero attached hydrogens (tertiary/aromatic N) is 2. The minimum atomic E-state index is 0.836. The Morgan fingerprint density at radius 3 is 1.97 bits per heavy atom. The van der Waals surface area contributed by atoms with Gasteiger partial charge >= 0.3 is 0 Å². The highest BCUT2D eigenvalue weighted by Crippen LogP contribution is 2.41. The van der Waals surface area contributed by atoms with Crippen molar-refractivity contribution in [2.24, 2.45) is 0 Å². The molecule has 0 amide bonds. The molecule has 166 valence electrons. The van der Waals surface area contributed by atoms with Gasteiger partial charge in [0, 0.05) is 34.6 Å². The standard InChI is InChI=1S/C33H24N2/c1-4-12-24(13-5-1)23-34-21-20-27-29(25-14-6-2-7-15-25)22-31-32(33(27)34)28-18-10-11-19-30(28)35(31)26-16-8-3-9-17-26/h1-22H,23H2. The minimum Gasteiger partial charge on any atom is -0.342 e. The summed E-state index contributed by atoms with van der Waals surface area (Å²) in [6, 6.07) is 45.6. The normalized spacial score (nSPS) is 11.5. The van der Waals surface area contributed by atoms with Gasteiger partial charge in [-0.1, -0.05) is 97.1 Å². The van der Waals surface area contributed by atoms with Gasteiger partial charge in [0.05, 0.1) is 16.6 Å². The lowest BCUT2D eigenvalue weighted by atomic mass is 9.98. The first kappa shape index (κ1) is 19.9. The van der Waals surface area contributed by atoms with E-state index in [1.807, 2.05) is 0 Å². The Morgan fingerprint density at radius 2 is 1.20 bits per heavy atom. The fourth-order valence-corrected chi connectivity index (χ4v) is 5.45. The van der Waals surface area contributed by atoms with E-state index in [1.54, 1.807) is 0 Å². The lowest BCUT2D eigenvalue weighted by Crippen LogP contribution is -1.99. The first-order chi connectivity index (χ1) is 17.4. The van der Waals surface area contributed by atoms with Gasteiger partial charge in [0.1, 0.15) is 0 Å². The van der Waals surface area contributed by atoms with Crippen molar-refractivity contribution in [1.82, 2.24) is 9.13 Å². The molecular weight excluding hydrogens is 424 g/mol. The van der Waals surface area contributed by atoms with E-state index in [0.29, 0.717) is 0 Å². The van der Waals surface area contributed by atoms with Crippen LogP contribution in [0.15, 0.2) is 134 Å². The number of aromatic nitrogens is 2. The van der Waals surface area contributed by atoms with Crippen LogP contribution < -0.4 is 0 Å². The molecule has 2 heterocycles. The van der Waals surface area contributed by atoms with Gasteiger partial charge in [0.25, 0.3) is 0 Å². The van der Waals surface area contributed by atoms with Gasteiger partial charge in [0.2, 0.25) is 0 Å². The van der Waals surface area contributed by atoms with Crippen LogP contribution in [0.4, 0.5) is 0 Å². The summed E-state index contributed by atoms with van der Waals surface area (Å²) in [6.45, 7) is 0.836. The number of benzene rings is 5. The largest absolute Gasteiger partial charge is 0.342 e. The van der Waals surface area contributed by atoms with Crippen LogP contribution in [-0.2, 0) is 6.54 Å². The van der Waals surface area contributed by atoms with Crippen LogP contribution in [0, 0.1) is 0 Å². The van der Waals surface area contributed by atoms with E-state index in [-0.39, 0.29) is 0 Å².